The SMILES string of the molecule is CSc1nc(C)cc(C(=O)CC(=O)Nc2ccc(N)cc2)n1. The van der Waals surface area contributed by atoms with Crippen LogP contribution in [0.25, 0.3) is 0 Å². The van der Waals surface area contributed by atoms with Crippen molar-refractivity contribution in [2.45, 2.75) is 18.5 Å². The number of nitrogen functional groups attached to an aromatic ring is 1. The van der Waals surface area contributed by atoms with Crippen LogP contribution in [-0.2, 0) is 4.79 Å². The first-order chi connectivity index (χ1) is 10.5. The quantitative estimate of drug-likeness (QED) is 0.289. The molecule has 114 valence electrons. The van der Waals surface area contributed by atoms with Gasteiger partial charge in [-0.1, -0.05) is 11.8 Å². The van der Waals surface area contributed by atoms with E-state index >= 15 is 0 Å². The molecular weight excluding hydrogens is 300 g/mol. The molecule has 6 nitrogen and oxygen atoms in total. The van der Waals surface area contributed by atoms with Crippen LogP contribution in [0.2, 0.25) is 0 Å². The lowest BCUT2D eigenvalue weighted by Crippen LogP contribution is -2.17. The maximum atomic E-state index is 12.1. The summed E-state index contributed by atoms with van der Waals surface area (Å²) >= 11 is 1.35. The minimum atomic E-state index is -0.392. The largest absolute Gasteiger partial charge is 0.399 e. The molecule has 0 saturated carbocycles. The van der Waals surface area contributed by atoms with Crippen molar-refractivity contribution in [3.05, 3.63) is 41.7 Å². The fourth-order valence-electron chi connectivity index (χ4n) is 1.78. The number of hydrogen-bond acceptors (Lipinski definition) is 6. The van der Waals surface area contributed by atoms with Crippen molar-refractivity contribution >= 4 is 34.8 Å². The highest BCUT2D eigenvalue weighted by atomic mass is 32.2. The molecule has 0 unspecified atom stereocenters. The van der Waals surface area contributed by atoms with Gasteiger partial charge in [-0.05, 0) is 43.5 Å². The number of anilines is 2. The predicted octanol–water partition coefficient (Wildman–Crippen LogP) is 2.30. The van der Waals surface area contributed by atoms with E-state index in [9.17, 15) is 9.59 Å². The third kappa shape index (κ3) is 4.29. The van der Waals surface area contributed by atoms with Gasteiger partial charge in [0.05, 0.1) is 6.42 Å². The Labute approximate surface area is 132 Å². The third-order valence-electron chi connectivity index (χ3n) is 2.82. The zero-order chi connectivity index (χ0) is 16.1. The van der Waals surface area contributed by atoms with E-state index in [1.165, 1.54) is 11.8 Å². The van der Waals surface area contributed by atoms with Gasteiger partial charge in [-0.15, -0.1) is 0 Å². The number of thioether (sulfide) groups is 1. The monoisotopic (exact) mass is 316 g/mol. The molecule has 2 rings (SSSR count). The van der Waals surface area contributed by atoms with E-state index < -0.39 is 5.91 Å². The second kappa shape index (κ2) is 7.04. The molecule has 0 radical (unpaired) electrons. The number of nitrogens with one attached hydrogen (secondary N) is 1. The number of benzene rings is 1. The molecule has 0 aliphatic heterocycles. The smallest absolute Gasteiger partial charge is 0.232 e. The Bertz CT molecular complexity index is 701. The number of aryl methyl sites for hydroxylation is 1. The van der Waals surface area contributed by atoms with Crippen LogP contribution >= 0.6 is 11.8 Å². The highest BCUT2D eigenvalue weighted by Crippen LogP contribution is 2.13. The number of nitrogens with two attached hydrogens (primary N) is 1. The topological polar surface area (TPSA) is 98.0 Å². The number of ketones is 1. The number of Topliss-reactive ketones (excluding diaryl/α,β-unsaturated/α-hetero) is 1. The number of amides is 1. The van der Waals surface area contributed by atoms with Gasteiger partial charge in [0.25, 0.3) is 0 Å². The Hall–Kier alpha value is -2.41. The molecule has 1 amide bonds. The van der Waals surface area contributed by atoms with Gasteiger partial charge in [-0.25, -0.2) is 9.97 Å². The van der Waals surface area contributed by atoms with Crippen LogP contribution in [0.15, 0.2) is 35.5 Å². The summed E-state index contributed by atoms with van der Waals surface area (Å²) in [6.07, 6.45) is 1.56. The van der Waals surface area contributed by atoms with Gasteiger partial charge in [-0.3, -0.25) is 9.59 Å². The van der Waals surface area contributed by atoms with Crippen LogP contribution in [0, 0.1) is 6.92 Å². The summed E-state index contributed by atoms with van der Waals surface area (Å²) in [6.45, 7) is 1.78. The standard InChI is InChI=1S/C15H16N4O2S/c1-9-7-12(19-15(17-9)22-2)13(20)8-14(21)18-11-5-3-10(16)4-6-11/h3-7H,8,16H2,1-2H3,(H,18,21). The Kier molecular flexibility index (Phi) is 5.11. The molecule has 0 aliphatic rings. The van der Waals surface area contributed by atoms with Crippen molar-refractivity contribution in [2.24, 2.45) is 0 Å². The Morgan fingerprint density at radius 3 is 2.55 bits per heavy atom. The first kappa shape index (κ1) is 16.0. The number of aromatic nitrogens is 2. The van der Waals surface area contributed by atoms with Gasteiger partial charge in [0.15, 0.2) is 10.9 Å². The van der Waals surface area contributed by atoms with Crippen molar-refractivity contribution in [1.29, 1.82) is 0 Å². The molecule has 0 aliphatic carbocycles. The van der Waals surface area contributed by atoms with Crippen molar-refractivity contribution in [1.82, 2.24) is 9.97 Å². The lowest BCUT2D eigenvalue weighted by Gasteiger charge is -2.06. The average molecular weight is 316 g/mol. The van der Waals surface area contributed by atoms with Crippen LogP contribution in [0.4, 0.5) is 11.4 Å². The minimum Gasteiger partial charge on any atom is -0.399 e. The van der Waals surface area contributed by atoms with Crippen LogP contribution < -0.4 is 11.1 Å². The Morgan fingerprint density at radius 2 is 1.91 bits per heavy atom. The lowest BCUT2D eigenvalue weighted by molar-refractivity contribution is -0.115. The molecule has 1 aromatic carbocycles. The summed E-state index contributed by atoms with van der Waals surface area (Å²) in [5.74, 6) is -0.731. The van der Waals surface area contributed by atoms with Crippen molar-refractivity contribution in [3.63, 3.8) is 0 Å². The number of nitrogens with zero attached hydrogens (tertiary/aromatic N) is 2. The molecule has 1 heterocycles. The zero-order valence-corrected chi connectivity index (χ0v) is 13.1. The molecule has 2 aromatic rings. The van der Waals surface area contributed by atoms with Gasteiger partial charge in [0.1, 0.15) is 5.69 Å². The predicted molar refractivity (Wildman–Crippen MR) is 87.0 cm³/mol. The second-order valence-electron chi connectivity index (χ2n) is 4.65. The minimum absolute atomic E-state index is 0.254. The number of carbonyl (C=O) groups excluding carboxylic acids is 2. The molecule has 7 heteroatoms. The van der Waals surface area contributed by atoms with Gasteiger partial charge >= 0.3 is 0 Å². The van der Waals surface area contributed by atoms with Crippen LogP contribution in [-0.4, -0.2) is 27.9 Å². The van der Waals surface area contributed by atoms with E-state index in [0.29, 0.717) is 22.2 Å². The first-order valence-corrected chi connectivity index (χ1v) is 7.78. The molecule has 0 spiro atoms. The zero-order valence-electron chi connectivity index (χ0n) is 12.3. The normalized spacial score (nSPS) is 10.3. The van der Waals surface area contributed by atoms with Crippen LogP contribution in [0.1, 0.15) is 22.6 Å². The molecular formula is C15H16N4O2S. The molecule has 0 bridgehead atoms. The van der Waals surface area contributed by atoms with Gasteiger partial charge in [0, 0.05) is 17.1 Å². The lowest BCUT2D eigenvalue weighted by atomic mass is 10.2. The second-order valence-corrected chi connectivity index (χ2v) is 5.42. The number of carbonyl (C=O) groups is 2. The molecule has 0 fully saturated rings. The number of rotatable bonds is 5. The Morgan fingerprint density at radius 1 is 1.23 bits per heavy atom. The van der Waals surface area contributed by atoms with E-state index in [4.69, 9.17) is 5.73 Å². The van der Waals surface area contributed by atoms with Crippen LogP contribution in [0.3, 0.4) is 0 Å². The summed E-state index contributed by atoms with van der Waals surface area (Å²) in [5.41, 5.74) is 7.72. The van der Waals surface area contributed by atoms with E-state index in [1.807, 2.05) is 6.26 Å². The maximum Gasteiger partial charge on any atom is 0.232 e. The van der Waals surface area contributed by atoms with E-state index in [-0.39, 0.29) is 17.9 Å². The average Bonchev–Trinajstić information content (AvgIpc) is 2.48. The van der Waals surface area contributed by atoms with Gasteiger partial charge < -0.3 is 11.1 Å². The summed E-state index contributed by atoms with van der Waals surface area (Å²) in [5, 5.41) is 3.17. The molecule has 0 saturated heterocycles. The Balaban J connectivity index is 2.03. The molecule has 3 N–H and O–H groups in total. The fraction of sp³-hybridized carbons (Fsp3) is 0.200. The fourth-order valence-corrected chi connectivity index (χ4v) is 2.21. The summed E-state index contributed by atoms with van der Waals surface area (Å²) in [4.78, 5) is 32.4. The summed E-state index contributed by atoms with van der Waals surface area (Å²) in [6, 6.07) is 8.29. The summed E-state index contributed by atoms with van der Waals surface area (Å²) in [7, 11) is 0. The highest BCUT2D eigenvalue weighted by Gasteiger charge is 2.15. The highest BCUT2D eigenvalue weighted by molar-refractivity contribution is 7.98. The van der Waals surface area contributed by atoms with Crippen molar-refractivity contribution in [3.8, 4) is 0 Å². The van der Waals surface area contributed by atoms with Crippen molar-refractivity contribution in [2.75, 3.05) is 17.3 Å². The molecule has 1 aromatic heterocycles. The van der Waals surface area contributed by atoms with Crippen molar-refractivity contribution < 1.29 is 9.59 Å². The van der Waals surface area contributed by atoms with E-state index in [2.05, 4.69) is 15.3 Å². The van der Waals surface area contributed by atoms with Crippen LogP contribution in [0.5, 0.6) is 0 Å². The first-order valence-electron chi connectivity index (χ1n) is 6.56. The van der Waals surface area contributed by atoms with E-state index in [0.717, 1.165) is 0 Å². The third-order valence-corrected chi connectivity index (χ3v) is 3.37. The summed E-state index contributed by atoms with van der Waals surface area (Å²) < 4.78 is 0. The van der Waals surface area contributed by atoms with Gasteiger partial charge in [0.2, 0.25) is 5.91 Å². The van der Waals surface area contributed by atoms with E-state index in [1.54, 1.807) is 37.3 Å². The molecule has 22 heavy (non-hydrogen) atoms. The molecule has 0 atom stereocenters. The maximum absolute atomic E-state index is 12.1. The number of hydrogen-bond donors (Lipinski definition) is 2. The van der Waals surface area contributed by atoms with Gasteiger partial charge in [-0.2, -0.15) is 0 Å².